The quantitative estimate of drug-likeness (QED) is 0.277. The molecule has 4 heterocycles. The summed E-state index contributed by atoms with van der Waals surface area (Å²) < 4.78 is 16.8. The van der Waals surface area contributed by atoms with E-state index in [1.54, 1.807) is 0 Å². The summed E-state index contributed by atoms with van der Waals surface area (Å²) in [5.74, 6) is -0.951. The Balaban J connectivity index is 1.73. The van der Waals surface area contributed by atoms with Gasteiger partial charge in [0, 0.05) is 0 Å². The third kappa shape index (κ3) is 6.89. The van der Waals surface area contributed by atoms with Crippen LogP contribution in [0.15, 0.2) is 32.0 Å². The number of hydrogen-bond acceptors (Lipinski definition) is 11. The van der Waals surface area contributed by atoms with Crippen molar-refractivity contribution in [2.24, 2.45) is 17.4 Å². The lowest BCUT2D eigenvalue weighted by atomic mass is 10.0. The first-order chi connectivity index (χ1) is 18.8. The second kappa shape index (κ2) is 12.7. The summed E-state index contributed by atoms with van der Waals surface area (Å²) in [6, 6.07) is -1.97. The predicted octanol–water partition coefficient (Wildman–Crippen LogP) is 1.90. The number of nitrogens with one attached hydrogen (secondary N) is 3. The summed E-state index contributed by atoms with van der Waals surface area (Å²) in [5.41, 5.74) is 11.4. The van der Waals surface area contributed by atoms with Crippen LogP contribution >= 0.6 is 0 Å². The molecule has 0 fully saturated rings. The maximum atomic E-state index is 13.1. The third-order valence-electron chi connectivity index (χ3n) is 6.17. The molecule has 7 N–H and O–H groups in total. The average molecular weight is 543 g/mol. The van der Waals surface area contributed by atoms with E-state index >= 15 is 0 Å². The fraction of sp³-hybridized carbons (Fsp3) is 0.520. The van der Waals surface area contributed by atoms with Gasteiger partial charge in [0.1, 0.15) is 36.9 Å². The first-order valence-corrected chi connectivity index (χ1v) is 13.0. The van der Waals surface area contributed by atoms with Crippen LogP contribution < -0.4 is 27.4 Å². The van der Waals surface area contributed by atoms with Gasteiger partial charge in [0.2, 0.25) is 17.7 Å². The van der Waals surface area contributed by atoms with Gasteiger partial charge < -0.3 is 40.7 Å². The van der Waals surface area contributed by atoms with Crippen molar-refractivity contribution in [2.45, 2.75) is 64.1 Å². The smallest absolute Gasteiger partial charge is 0.273 e. The summed E-state index contributed by atoms with van der Waals surface area (Å²) >= 11 is 0. The number of fused-ring (bicyclic) bond motifs is 6. The normalized spacial score (nSPS) is 20.2. The maximum absolute atomic E-state index is 13.1. The zero-order valence-corrected chi connectivity index (χ0v) is 21.9. The van der Waals surface area contributed by atoms with Gasteiger partial charge >= 0.3 is 0 Å². The molecule has 14 heteroatoms. The van der Waals surface area contributed by atoms with Gasteiger partial charge in [-0.3, -0.25) is 14.4 Å². The Hall–Kier alpha value is -4.04. The first-order valence-electron chi connectivity index (χ1n) is 13.0. The van der Waals surface area contributed by atoms with E-state index in [9.17, 15) is 14.4 Å². The van der Waals surface area contributed by atoms with Gasteiger partial charge in [-0.2, -0.15) is 0 Å². The van der Waals surface area contributed by atoms with E-state index in [4.69, 9.17) is 24.7 Å². The van der Waals surface area contributed by atoms with Crippen molar-refractivity contribution >= 4 is 17.7 Å². The molecule has 39 heavy (non-hydrogen) atoms. The number of carbonyl (C=O) groups excluding carboxylic acids is 3. The summed E-state index contributed by atoms with van der Waals surface area (Å²) in [4.78, 5) is 52.2. The summed E-state index contributed by atoms with van der Waals surface area (Å²) in [7, 11) is 0. The van der Waals surface area contributed by atoms with E-state index in [-0.39, 0.29) is 40.7 Å². The topological polar surface area (TPSA) is 217 Å². The molecule has 0 unspecified atom stereocenters. The highest BCUT2D eigenvalue weighted by molar-refractivity contribution is 5.94. The molecule has 3 aromatic rings. The van der Waals surface area contributed by atoms with Crippen molar-refractivity contribution in [3.8, 4) is 0 Å². The second-order valence-electron chi connectivity index (χ2n) is 9.78. The molecule has 3 aromatic heterocycles. The monoisotopic (exact) mass is 542 g/mol. The molecule has 14 nitrogen and oxygen atoms in total. The molecule has 3 atom stereocenters. The summed E-state index contributed by atoms with van der Waals surface area (Å²) in [5, 5.41) is 8.52. The van der Waals surface area contributed by atoms with Crippen LogP contribution in [0, 0.1) is 5.92 Å². The van der Waals surface area contributed by atoms with E-state index in [2.05, 4.69) is 30.9 Å². The molecule has 0 saturated carbocycles. The Morgan fingerprint density at radius 2 is 1.05 bits per heavy atom. The van der Waals surface area contributed by atoms with Gasteiger partial charge in [-0.25, -0.2) is 15.0 Å². The molecular weight excluding hydrogens is 508 g/mol. The van der Waals surface area contributed by atoms with Gasteiger partial charge in [0.15, 0.2) is 17.1 Å². The van der Waals surface area contributed by atoms with Crippen molar-refractivity contribution in [3.05, 3.63) is 53.5 Å². The highest BCUT2D eigenvalue weighted by atomic mass is 16.4. The van der Waals surface area contributed by atoms with Gasteiger partial charge in [-0.05, 0) is 51.1 Å². The van der Waals surface area contributed by atoms with Gasteiger partial charge in [-0.1, -0.05) is 13.8 Å². The van der Waals surface area contributed by atoms with E-state index in [0.29, 0.717) is 45.2 Å². The molecule has 4 rings (SSSR count). The molecule has 0 radical (unpaired) electrons. The number of rotatable bonds is 8. The molecule has 210 valence electrons. The van der Waals surface area contributed by atoms with Crippen molar-refractivity contribution in [2.75, 3.05) is 13.1 Å². The Kier molecular flexibility index (Phi) is 9.09. The number of nitrogens with two attached hydrogens (primary N) is 2. The third-order valence-corrected chi connectivity index (χ3v) is 6.17. The number of aromatic nitrogens is 3. The molecule has 0 aromatic carbocycles. The summed E-state index contributed by atoms with van der Waals surface area (Å²) in [6.45, 7) is 4.73. The maximum Gasteiger partial charge on any atom is 0.273 e. The number of nitrogens with zero attached hydrogens (tertiary/aromatic N) is 3. The van der Waals surface area contributed by atoms with E-state index in [1.165, 1.54) is 18.8 Å². The van der Waals surface area contributed by atoms with E-state index in [1.807, 2.05) is 13.8 Å². The molecular formula is C25H34N8O6. The largest absolute Gasteiger partial charge is 0.446 e. The van der Waals surface area contributed by atoms with Crippen LogP contribution in [0.1, 0.15) is 113 Å². The van der Waals surface area contributed by atoms with Crippen molar-refractivity contribution in [1.29, 1.82) is 0 Å². The van der Waals surface area contributed by atoms with Crippen LogP contribution in [0.2, 0.25) is 0 Å². The Morgan fingerprint density at radius 3 is 1.41 bits per heavy atom. The van der Waals surface area contributed by atoms with Gasteiger partial charge in [0.05, 0.1) is 0 Å². The van der Waals surface area contributed by atoms with Gasteiger partial charge in [0.25, 0.3) is 17.7 Å². The van der Waals surface area contributed by atoms with Crippen molar-refractivity contribution in [1.82, 2.24) is 30.9 Å². The fourth-order valence-electron chi connectivity index (χ4n) is 4.20. The zero-order chi connectivity index (χ0) is 27.9. The van der Waals surface area contributed by atoms with Crippen LogP contribution in [0.5, 0.6) is 0 Å². The highest BCUT2D eigenvalue weighted by Crippen LogP contribution is 2.25. The van der Waals surface area contributed by atoms with Crippen LogP contribution in [-0.2, 0) is 0 Å². The van der Waals surface area contributed by atoms with Crippen LogP contribution in [0.3, 0.4) is 0 Å². The van der Waals surface area contributed by atoms with Crippen LogP contribution in [-0.4, -0.2) is 45.8 Å². The molecule has 0 aliphatic carbocycles. The SMILES string of the molecule is CC(C)C[C@@H]1NC(=O)c2coc(n2)[C@H](CCCN)NC(=O)c2coc(n2)[C@H](CCCN)NC(=O)c2coc1n2. The lowest BCUT2D eigenvalue weighted by Gasteiger charge is -2.17. The Morgan fingerprint density at radius 1 is 0.692 bits per heavy atom. The molecule has 1 aliphatic heterocycles. The average Bonchev–Trinajstić information content (AvgIpc) is 3.68. The second-order valence-corrected chi connectivity index (χ2v) is 9.78. The first kappa shape index (κ1) is 28.0. The van der Waals surface area contributed by atoms with E-state index < -0.39 is 35.8 Å². The highest BCUT2D eigenvalue weighted by Gasteiger charge is 2.29. The Bertz CT molecular complexity index is 1270. The lowest BCUT2D eigenvalue weighted by molar-refractivity contribution is 0.0914. The van der Waals surface area contributed by atoms with Gasteiger partial charge in [-0.15, -0.1) is 0 Å². The number of oxazole rings is 3. The van der Waals surface area contributed by atoms with Crippen molar-refractivity contribution < 1.29 is 27.6 Å². The number of carbonyl (C=O) groups is 3. The van der Waals surface area contributed by atoms with Crippen molar-refractivity contribution in [3.63, 3.8) is 0 Å². The van der Waals surface area contributed by atoms with E-state index in [0.717, 1.165) is 0 Å². The molecule has 6 bridgehead atoms. The minimum absolute atomic E-state index is 0.000588. The lowest BCUT2D eigenvalue weighted by Crippen LogP contribution is -2.32. The minimum Gasteiger partial charge on any atom is -0.446 e. The predicted molar refractivity (Wildman–Crippen MR) is 136 cm³/mol. The molecule has 3 amide bonds. The minimum atomic E-state index is -0.671. The van der Waals surface area contributed by atoms with Crippen LogP contribution in [0.4, 0.5) is 0 Å². The Labute approximate surface area is 224 Å². The fourth-order valence-corrected chi connectivity index (χ4v) is 4.20. The zero-order valence-electron chi connectivity index (χ0n) is 21.9. The molecule has 0 saturated heterocycles. The molecule has 1 aliphatic rings. The standard InChI is InChI=1S/C25H34N8O6/c1-13(2)9-16-25-33-18(12-39-25)21(35)29-14(5-3-7-26)23-31-17(10-37-23)20(34)28-15(6-4-8-27)24-32-19(11-38-24)22(36)30-16/h10-16H,3-9,26-27H2,1-2H3,(H,28,34)(H,29,35)(H,30,36)/t14-,15-,16-/m0/s1. The van der Waals surface area contributed by atoms with Crippen LogP contribution in [0.25, 0.3) is 0 Å². The number of hydrogen-bond donors (Lipinski definition) is 5. The molecule has 0 spiro atoms. The summed E-state index contributed by atoms with van der Waals surface area (Å²) in [6.07, 6.45) is 6.10. The number of amides is 3.